The third-order valence-electron chi connectivity index (χ3n) is 2.23. The van der Waals surface area contributed by atoms with E-state index in [9.17, 15) is 28.2 Å². The van der Waals surface area contributed by atoms with Crippen molar-refractivity contribution in [2.75, 3.05) is 0 Å². The first-order valence-corrected chi connectivity index (χ1v) is 5.46. The van der Waals surface area contributed by atoms with Gasteiger partial charge in [-0.2, -0.15) is 13.2 Å². The number of carbonyl (C=O) groups excluding carboxylic acids is 1. The van der Waals surface area contributed by atoms with Gasteiger partial charge in [-0.05, 0) is 23.8 Å². The van der Waals surface area contributed by atoms with Gasteiger partial charge in [0.05, 0.1) is 5.56 Å². The topological polar surface area (TPSA) is 83.6 Å². The molecule has 0 spiro atoms. The summed E-state index contributed by atoms with van der Waals surface area (Å²) in [6.45, 7) is 0. The van der Waals surface area contributed by atoms with E-state index in [-0.39, 0.29) is 10.0 Å². The highest BCUT2D eigenvalue weighted by Crippen LogP contribution is 2.34. The van der Waals surface area contributed by atoms with E-state index in [1.807, 2.05) is 0 Å². The number of hydrogen-bond donors (Lipinski definition) is 3. The Hall–Kier alpha value is -1.12. The van der Waals surface area contributed by atoms with Gasteiger partial charge in [-0.25, -0.2) is 0 Å². The molecule has 100 valence electrons. The third-order valence-corrected chi connectivity index (χ3v) is 2.95. The molecule has 0 aromatic heterocycles. The highest BCUT2D eigenvalue weighted by Gasteiger charge is 2.33. The monoisotopic (exact) mass is 327 g/mol. The maximum absolute atomic E-state index is 12.5. The first-order chi connectivity index (χ1) is 8.14. The van der Waals surface area contributed by atoms with Crippen LogP contribution in [0.15, 0.2) is 22.7 Å². The van der Waals surface area contributed by atoms with Gasteiger partial charge in [-0.15, -0.1) is 0 Å². The number of primary amides is 1. The number of amides is 1. The van der Waals surface area contributed by atoms with Crippen LogP contribution in [-0.4, -0.2) is 22.2 Å². The number of aliphatic hydroxyl groups is 2. The maximum Gasteiger partial charge on any atom is 0.416 e. The Morgan fingerprint density at radius 3 is 2.33 bits per heavy atom. The van der Waals surface area contributed by atoms with E-state index in [2.05, 4.69) is 15.9 Å². The van der Waals surface area contributed by atoms with Crippen LogP contribution in [-0.2, 0) is 11.0 Å². The lowest BCUT2D eigenvalue weighted by molar-refractivity contribution is -0.137. The van der Waals surface area contributed by atoms with Gasteiger partial charge in [0.25, 0.3) is 0 Å². The van der Waals surface area contributed by atoms with Crippen molar-refractivity contribution in [1.29, 1.82) is 0 Å². The Morgan fingerprint density at radius 2 is 1.89 bits per heavy atom. The lowest BCUT2D eigenvalue weighted by atomic mass is 10.0. The van der Waals surface area contributed by atoms with Gasteiger partial charge < -0.3 is 15.9 Å². The fourth-order valence-corrected chi connectivity index (χ4v) is 1.75. The molecule has 18 heavy (non-hydrogen) atoms. The van der Waals surface area contributed by atoms with Crippen molar-refractivity contribution >= 4 is 21.8 Å². The maximum atomic E-state index is 12.5. The molecule has 0 aliphatic carbocycles. The first-order valence-electron chi connectivity index (χ1n) is 4.66. The van der Waals surface area contributed by atoms with Crippen molar-refractivity contribution in [1.82, 2.24) is 0 Å². The number of benzene rings is 1. The summed E-state index contributed by atoms with van der Waals surface area (Å²) in [6, 6.07) is 2.51. The molecule has 1 amide bonds. The molecule has 0 radical (unpaired) electrons. The van der Waals surface area contributed by atoms with Gasteiger partial charge in [0.2, 0.25) is 5.91 Å². The fraction of sp³-hybridized carbons (Fsp3) is 0.300. The van der Waals surface area contributed by atoms with Crippen LogP contribution in [0.3, 0.4) is 0 Å². The number of nitrogens with two attached hydrogens (primary N) is 1. The molecular weight excluding hydrogens is 319 g/mol. The Bertz CT molecular complexity index is 464. The standard InChI is InChI=1S/C10H9BrF3NO3/c11-6-2-1-4(10(12,13)14)3-5(6)7(16)8(17)9(15)18/h1-3,7-8,16-17H,(H2,15,18). The molecule has 0 bridgehead atoms. The predicted molar refractivity (Wildman–Crippen MR) is 59.3 cm³/mol. The molecule has 0 saturated carbocycles. The average molecular weight is 328 g/mol. The zero-order chi connectivity index (χ0) is 14.1. The number of rotatable bonds is 3. The molecule has 0 aliphatic heterocycles. The van der Waals surface area contributed by atoms with E-state index in [4.69, 9.17) is 5.73 Å². The minimum Gasteiger partial charge on any atom is -0.385 e. The molecule has 2 atom stereocenters. The second kappa shape index (κ2) is 5.25. The highest BCUT2D eigenvalue weighted by molar-refractivity contribution is 9.10. The lowest BCUT2D eigenvalue weighted by Gasteiger charge is -2.18. The largest absolute Gasteiger partial charge is 0.416 e. The van der Waals surface area contributed by atoms with Crippen molar-refractivity contribution in [3.05, 3.63) is 33.8 Å². The molecule has 8 heteroatoms. The van der Waals surface area contributed by atoms with Gasteiger partial charge in [0.1, 0.15) is 6.10 Å². The van der Waals surface area contributed by atoms with Crippen LogP contribution in [0.5, 0.6) is 0 Å². The van der Waals surface area contributed by atoms with E-state index < -0.39 is 29.9 Å². The molecule has 0 heterocycles. The molecule has 2 unspecified atom stereocenters. The van der Waals surface area contributed by atoms with E-state index >= 15 is 0 Å². The molecule has 0 fully saturated rings. The molecule has 0 saturated heterocycles. The molecule has 4 nitrogen and oxygen atoms in total. The summed E-state index contributed by atoms with van der Waals surface area (Å²) in [6.07, 6.45) is -8.41. The minimum atomic E-state index is -4.59. The van der Waals surface area contributed by atoms with Crippen molar-refractivity contribution in [2.24, 2.45) is 5.73 Å². The van der Waals surface area contributed by atoms with Crippen LogP contribution in [0.1, 0.15) is 17.2 Å². The smallest absolute Gasteiger partial charge is 0.385 e. The zero-order valence-corrected chi connectivity index (χ0v) is 10.4. The second-order valence-corrected chi connectivity index (χ2v) is 4.38. The summed E-state index contributed by atoms with van der Waals surface area (Å²) in [4.78, 5) is 10.7. The normalized spacial score (nSPS) is 15.2. The summed E-state index contributed by atoms with van der Waals surface area (Å²) >= 11 is 2.92. The van der Waals surface area contributed by atoms with Crippen LogP contribution >= 0.6 is 15.9 Å². The van der Waals surface area contributed by atoms with Crippen LogP contribution < -0.4 is 5.73 Å². The van der Waals surface area contributed by atoms with Crippen molar-refractivity contribution < 1.29 is 28.2 Å². The van der Waals surface area contributed by atoms with E-state index in [0.29, 0.717) is 6.07 Å². The van der Waals surface area contributed by atoms with Crippen LogP contribution in [0.25, 0.3) is 0 Å². The van der Waals surface area contributed by atoms with Crippen LogP contribution in [0.2, 0.25) is 0 Å². The highest BCUT2D eigenvalue weighted by atomic mass is 79.9. The quantitative estimate of drug-likeness (QED) is 0.783. The van der Waals surface area contributed by atoms with Crippen LogP contribution in [0, 0.1) is 0 Å². The van der Waals surface area contributed by atoms with Crippen molar-refractivity contribution in [2.45, 2.75) is 18.4 Å². The Kier molecular flexibility index (Phi) is 4.36. The summed E-state index contributed by atoms with van der Waals surface area (Å²) in [5.74, 6) is -1.23. The lowest BCUT2D eigenvalue weighted by Crippen LogP contribution is -2.34. The fourth-order valence-electron chi connectivity index (χ4n) is 1.27. The summed E-state index contributed by atoms with van der Waals surface area (Å²) in [7, 11) is 0. The molecule has 0 aliphatic rings. The number of hydrogen-bond acceptors (Lipinski definition) is 3. The SMILES string of the molecule is NC(=O)C(O)C(O)c1cc(C(F)(F)F)ccc1Br. The molecular formula is C10H9BrF3NO3. The van der Waals surface area contributed by atoms with Gasteiger partial charge in [-0.1, -0.05) is 15.9 Å². The number of alkyl halides is 3. The minimum absolute atomic E-state index is 0.128. The van der Waals surface area contributed by atoms with Gasteiger partial charge >= 0.3 is 6.18 Å². The summed E-state index contributed by atoms with van der Waals surface area (Å²) in [5.41, 5.74) is 3.49. The average Bonchev–Trinajstić information content (AvgIpc) is 2.26. The van der Waals surface area contributed by atoms with E-state index in [1.54, 1.807) is 0 Å². The molecule has 1 aromatic carbocycles. The number of aliphatic hydroxyl groups excluding tert-OH is 2. The van der Waals surface area contributed by atoms with Gasteiger partial charge in [0, 0.05) is 4.47 Å². The molecule has 1 aromatic rings. The summed E-state index contributed by atoms with van der Waals surface area (Å²) < 4.78 is 37.5. The van der Waals surface area contributed by atoms with Crippen molar-refractivity contribution in [3.8, 4) is 0 Å². The zero-order valence-electron chi connectivity index (χ0n) is 8.78. The second-order valence-electron chi connectivity index (χ2n) is 3.53. The third kappa shape index (κ3) is 3.21. The van der Waals surface area contributed by atoms with Gasteiger partial charge in [-0.3, -0.25) is 4.79 Å². The molecule has 1 rings (SSSR count). The van der Waals surface area contributed by atoms with Crippen LogP contribution in [0.4, 0.5) is 13.2 Å². The van der Waals surface area contributed by atoms with Crippen molar-refractivity contribution in [3.63, 3.8) is 0 Å². The Morgan fingerprint density at radius 1 is 1.33 bits per heavy atom. The Balaban J connectivity index is 3.20. The van der Waals surface area contributed by atoms with E-state index in [1.165, 1.54) is 0 Å². The van der Waals surface area contributed by atoms with Gasteiger partial charge in [0.15, 0.2) is 6.10 Å². The van der Waals surface area contributed by atoms with E-state index in [0.717, 1.165) is 12.1 Å². The summed E-state index contributed by atoms with van der Waals surface area (Å²) in [5, 5.41) is 18.8. The Labute approximate surface area is 108 Å². The number of halogens is 4. The number of carbonyl (C=O) groups is 1. The predicted octanol–water partition coefficient (Wildman–Crippen LogP) is 1.35. The first kappa shape index (κ1) is 14.9. The molecule has 4 N–H and O–H groups in total.